The van der Waals surface area contributed by atoms with Crippen LogP contribution in [0.5, 0.6) is 0 Å². The molecule has 5 aliphatic carbocycles. The van der Waals surface area contributed by atoms with Crippen molar-refractivity contribution in [3.8, 4) is 56.4 Å². The lowest BCUT2D eigenvalue weighted by Crippen LogP contribution is -2.55. The van der Waals surface area contributed by atoms with Gasteiger partial charge in [0.2, 0.25) is 0 Å². The summed E-state index contributed by atoms with van der Waals surface area (Å²) >= 11 is 1.93. The van der Waals surface area contributed by atoms with Crippen molar-refractivity contribution in [3.05, 3.63) is 163 Å². The number of thiophene rings is 1. The van der Waals surface area contributed by atoms with Crippen LogP contribution >= 0.6 is 11.3 Å². The van der Waals surface area contributed by atoms with E-state index in [1.165, 1.54) is 69.0 Å². The zero-order chi connectivity index (χ0) is 39.1. The smallest absolute Gasteiger partial charge is 0.167 e. The highest BCUT2D eigenvalue weighted by Gasteiger charge is 2.61. The van der Waals surface area contributed by atoms with Gasteiger partial charge in [-0.15, -0.1) is 11.3 Å². The van der Waals surface area contributed by atoms with Crippen LogP contribution in [0.25, 0.3) is 98.5 Å². The summed E-state index contributed by atoms with van der Waals surface area (Å²) in [5.74, 6) is 5.07. The number of hydrogen-bond donors (Lipinski definition) is 0. The zero-order valence-electron chi connectivity index (χ0n) is 32.9. The molecule has 4 fully saturated rings. The van der Waals surface area contributed by atoms with Gasteiger partial charge in [-0.3, -0.25) is 0 Å². The lowest BCUT2D eigenvalue weighted by Gasteiger charge is -2.61. The van der Waals surface area contributed by atoms with Gasteiger partial charge in [-0.25, -0.2) is 15.0 Å². The van der Waals surface area contributed by atoms with Gasteiger partial charge in [0.25, 0.3) is 0 Å². The highest BCUT2D eigenvalue weighted by Crippen LogP contribution is 2.70. The van der Waals surface area contributed by atoms with Crippen molar-refractivity contribution in [1.82, 2.24) is 15.0 Å². The van der Waals surface area contributed by atoms with Crippen LogP contribution < -0.4 is 0 Å². The van der Waals surface area contributed by atoms with Crippen molar-refractivity contribution < 1.29 is 4.42 Å². The molecule has 3 aromatic heterocycles. The number of benzene rings is 7. The van der Waals surface area contributed by atoms with E-state index in [4.69, 9.17) is 19.4 Å². The monoisotopic (exact) mass is 789 g/mol. The largest absolute Gasteiger partial charge is 0.455 e. The second-order valence-corrected chi connectivity index (χ2v) is 19.0. The number of rotatable bonds is 4. The maximum atomic E-state index is 6.89. The van der Waals surface area contributed by atoms with Crippen molar-refractivity contribution in [2.24, 2.45) is 23.7 Å². The first kappa shape index (κ1) is 33.4. The molecule has 4 nitrogen and oxygen atoms in total. The number of fused-ring (bicyclic) bond motifs is 10. The predicted molar refractivity (Wildman–Crippen MR) is 245 cm³/mol. The Bertz CT molecular complexity index is 3370. The average molecular weight is 790 g/mol. The van der Waals surface area contributed by atoms with Gasteiger partial charge in [0.05, 0.1) is 5.56 Å². The maximum Gasteiger partial charge on any atom is 0.167 e. The molecule has 15 rings (SSSR count). The topological polar surface area (TPSA) is 51.8 Å². The van der Waals surface area contributed by atoms with Crippen LogP contribution in [0.4, 0.5) is 0 Å². The molecule has 0 radical (unpaired) electrons. The normalized spacial score (nSPS) is 22.4. The van der Waals surface area contributed by atoms with Crippen LogP contribution in [0.2, 0.25) is 0 Å². The number of aromatic nitrogens is 3. The molecule has 1 spiro atoms. The van der Waals surface area contributed by atoms with Gasteiger partial charge >= 0.3 is 0 Å². The van der Waals surface area contributed by atoms with E-state index in [1.807, 2.05) is 17.4 Å². The lowest BCUT2D eigenvalue weighted by atomic mass is 9.43. The average Bonchev–Trinajstić information content (AvgIpc) is 3.97. The maximum absolute atomic E-state index is 6.89. The van der Waals surface area contributed by atoms with Gasteiger partial charge in [0, 0.05) is 53.1 Å². The molecule has 5 aliphatic rings. The van der Waals surface area contributed by atoms with E-state index in [-0.39, 0.29) is 5.41 Å². The van der Waals surface area contributed by atoms with Crippen molar-refractivity contribution in [1.29, 1.82) is 0 Å². The van der Waals surface area contributed by atoms with Crippen LogP contribution in [0.15, 0.2) is 156 Å². The lowest BCUT2D eigenvalue weighted by molar-refractivity contribution is -0.0399. The second-order valence-electron chi connectivity index (χ2n) is 17.9. The minimum Gasteiger partial charge on any atom is -0.455 e. The summed E-state index contributed by atoms with van der Waals surface area (Å²) in [5.41, 5.74) is 12.7. The molecule has 60 heavy (non-hydrogen) atoms. The van der Waals surface area contributed by atoms with E-state index in [1.54, 1.807) is 5.56 Å². The van der Waals surface area contributed by atoms with Gasteiger partial charge in [-0.1, -0.05) is 127 Å². The molecule has 0 aliphatic heterocycles. The molecular formula is C55H39N3OS. The summed E-state index contributed by atoms with van der Waals surface area (Å²) in [6.45, 7) is 0. The molecule has 286 valence electrons. The fourth-order valence-electron chi connectivity index (χ4n) is 12.8. The molecule has 3 heterocycles. The minimum absolute atomic E-state index is 0.0584. The molecule has 0 N–H and O–H groups in total. The van der Waals surface area contributed by atoms with Gasteiger partial charge in [-0.2, -0.15) is 0 Å². The molecule has 7 aromatic carbocycles. The van der Waals surface area contributed by atoms with Crippen molar-refractivity contribution in [2.45, 2.75) is 37.5 Å². The minimum atomic E-state index is 0.0584. The van der Waals surface area contributed by atoms with Crippen molar-refractivity contribution in [2.75, 3.05) is 0 Å². The first-order valence-electron chi connectivity index (χ1n) is 21.6. The second kappa shape index (κ2) is 12.3. The van der Waals surface area contributed by atoms with E-state index in [0.29, 0.717) is 29.3 Å². The third-order valence-electron chi connectivity index (χ3n) is 14.9. The van der Waals surface area contributed by atoms with Gasteiger partial charge in [0.1, 0.15) is 11.2 Å². The zero-order valence-corrected chi connectivity index (χ0v) is 33.8. The van der Waals surface area contributed by atoms with Crippen LogP contribution in [0, 0.1) is 23.7 Å². The van der Waals surface area contributed by atoms with E-state index in [0.717, 1.165) is 61.6 Å². The summed E-state index contributed by atoms with van der Waals surface area (Å²) < 4.78 is 9.62. The van der Waals surface area contributed by atoms with E-state index in [2.05, 4.69) is 146 Å². The van der Waals surface area contributed by atoms with Gasteiger partial charge in [-0.05, 0) is 108 Å². The molecule has 4 saturated carbocycles. The number of para-hydroxylation sites is 2. The van der Waals surface area contributed by atoms with E-state index >= 15 is 0 Å². The van der Waals surface area contributed by atoms with E-state index in [9.17, 15) is 0 Å². The quantitative estimate of drug-likeness (QED) is 0.178. The molecule has 5 heteroatoms. The third-order valence-corrected chi connectivity index (χ3v) is 16.1. The highest BCUT2D eigenvalue weighted by molar-refractivity contribution is 7.26. The highest BCUT2D eigenvalue weighted by atomic mass is 32.1. The Morgan fingerprint density at radius 2 is 1.05 bits per heavy atom. The van der Waals surface area contributed by atoms with E-state index < -0.39 is 0 Å². The molecule has 0 amide bonds. The summed E-state index contributed by atoms with van der Waals surface area (Å²) in [7, 11) is 0. The Labute approximate surface area is 351 Å². The predicted octanol–water partition coefficient (Wildman–Crippen LogP) is 14.5. The Balaban J connectivity index is 1.00. The Morgan fingerprint density at radius 3 is 1.80 bits per heavy atom. The summed E-state index contributed by atoms with van der Waals surface area (Å²) in [6, 6.07) is 54.8. The first-order valence-corrected chi connectivity index (χ1v) is 22.4. The van der Waals surface area contributed by atoms with Crippen LogP contribution in [0.3, 0.4) is 0 Å². The van der Waals surface area contributed by atoms with Crippen LogP contribution in [-0.2, 0) is 5.41 Å². The fraction of sp³-hybridized carbons (Fsp3) is 0.182. The Morgan fingerprint density at radius 1 is 0.450 bits per heavy atom. The number of furan rings is 1. The molecule has 0 saturated heterocycles. The van der Waals surface area contributed by atoms with Crippen molar-refractivity contribution >= 4 is 53.4 Å². The molecule has 0 unspecified atom stereocenters. The van der Waals surface area contributed by atoms with Gasteiger partial charge < -0.3 is 4.42 Å². The Hall–Kier alpha value is -6.43. The fourth-order valence-corrected chi connectivity index (χ4v) is 13.9. The number of nitrogens with zero attached hydrogens (tertiary/aromatic N) is 3. The number of hydrogen-bond acceptors (Lipinski definition) is 5. The summed E-state index contributed by atoms with van der Waals surface area (Å²) in [5, 5.41) is 4.92. The van der Waals surface area contributed by atoms with Crippen molar-refractivity contribution in [3.63, 3.8) is 0 Å². The first-order chi connectivity index (χ1) is 29.7. The van der Waals surface area contributed by atoms with Crippen LogP contribution in [-0.4, -0.2) is 15.0 Å². The third kappa shape index (κ3) is 4.53. The summed E-state index contributed by atoms with van der Waals surface area (Å²) in [6.07, 6.45) is 6.86. The molecule has 4 bridgehead atoms. The molecular weight excluding hydrogens is 751 g/mol. The Kier molecular flexibility index (Phi) is 6.85. The molecule has 10 aromatic rings. The standard InChI is InChI=1S/C55H39N3OS/c1-3-11-33(12-4-1)38-16-9-17-39-40-18-10-19-42(51(40)59-50(38)39)54-57-52(34-13-5-2-6-14-34)56-53(58-54)35-21-22-44-43(30-35)48-45(23-24-47-49(48)41-15-7-8-20-46(41)60-47)55(44)36-26-31-25-32(28-36)29-37(55)27-31/h1-24,30-32,36-37H,25-29H2. The summed E-state index contributed by atoms with van der Waals surface area (Å²) in [4.78, 5) is 15.9. The van der Waals surface area contributed by atoms with Gasteiger partial charge in [0.15, 0.2) is 17.5 Å². The SMILES string of the molecule is c1ccc(-c2nc(-c3ccc4c(c3)-c3c(ccc5sc6ccccc6c35)C43C4CC5CC(C4)CC3C5)nc(-c3cccc4c3oc3c(-c5ccccc5)cccc34)n2)cc1. The van der Waals surface area contributed by atoms with Crippen LogP contribution in [0.1, 0.15) is 43.2 Å². The molecule has 0 atom stereocenters.